The molecule has 0 radical (unpaired) electrons. The van der Waals surface area contributed by atoms with Gasteiger partial charge in [-0.15, -0.1) is 11.3 Å². The second-order valence-corrected chi connectivity index (χ2v) is 7.77. The first-order valence-electron chi connectivity index (χ1n) is 7.84. The van der Waals surface area contributed by atoms with E-state index < -0.39 is 0 Å². The fourth-order valence-corrected chi connectivity index (χ4v) is 3.55. The van der Waals surface area contributed by atoms with Gasteiger partial charge in [0.15, 0.2) is 5.76 Å². The minimum absolute atomic E-state index is 0.346. The average molecular weight is 438 g/mol. The summed E-state index contributed by atoms with van der Waals surface area (Å²) < 4.78 is 11.1. The maximum Gasteiger partial charge on any atom is 0.186 e. The molecule has 0 saturated carbocycles. The van der Waals surface area contributed by atoms with E-state index in [0.717, 1.165) is 10.6 Å². The summed E-state index contributed by atoms with van der Waals surface area (Å²) in [5, 5.41) is 8.39. The largest absolute Gasteiger partial charge is 0.486 e. The molecule has 4 aromatic rings. The topological polar surface area (TPSA) is 48.2 Å². The molecule has 4 rings (SSSR count). The van der Waals surface area contributed by atoms with Crippen molar-refractivity contribution in [1.29, 1.82) is 0 Å². The molecule has 0 spiro atoms. The second-order valence-electron chi connectivity index (χ2n) is 5.58. The Labute approximate surface area is 174 Å². The summed E-state index contributed by atoms with van der Waals surface area (Å²) in [7, 11) is 0. The third-order valence-electron chi connectivity index (χ3n) is 3.69. The van der Waals surface area contributed by atoms with Crippen molar-refractivity contribution in [2.45, 2.75) is 6.61 Å². The van der Waals surface area contributed by atoms with Gasteiger partial charge in [-0.3, -0.25) is 0 Å². The first-order valence-corrected chi connectivity index (χ1v) is 9.85. The molecule has 0 aliphatic carbocycles. The monoisotopic (exact) mass is 436 g/mol. The maximum absolute atomic E-state index is 6.06. The van der Waals surface area contributed by atoms with E-state index in [1.807, 2.05) is 29.6 Å². The molecular weight excluding hydrogens is 427 g/mol. The molecule has 136 valence electrons. The van der Waals surface area contributed by atoms with Gasteiger partial charge in [0, 0.05) is 22.0 Å². The summed E-state index contributed by atoms with van der Waals surface area (Å²) in [4.78, 5) is 4.54. The standard InChI is InChI=1S/C19H11Cl3N2O2S/c20-12-2-1-3-13(7-12)25-9-19-23-17(10-27-19)18-8-16(24-26-18)11-4-5-14(21)15(22)6-11/h1-8,10H,9H2. The lowest BCUT2D eigenvalue weighted by Gasteiger charge is -2.03. The van der Waals surface area contributed by atoms with Gasteiger partial charge < -0.3 is 9.26 Å². The van der Waals surface area contributed by atoms with Gasteiger partial charge in [-0.05, 0) is 30.3 Å². The second kappa shape index (κ2) is 7.90. The van der Waals surface area contributed by atoms with E-state index in [-0.39, 0.29) is 0 Å². The zero-order chi connectivity index (χ0) is 18.8. The molecule has 0 amide bonds. The summed E-state index contributed by atoms with van der Waals surface area (Å²) in [6, 6.07) is 14.4. The van der Waals surface area contributed by atoms with Gasteiger partial charge in [-0.2, -0.15) is 0 Å². The van der Waals surface area contributed by atoms with Gasteiger partial charge in [-0.1, -0.05) is 52.1 Å². The number of hydrogen-bond acceptors (Lipinski definition) is 5. The van der Waals surface area contributed by atoms with Crippen molar-refractivity contribution in [3.05, 3.63) is 74.0 Å². The van der Waals surface area contributed by atoms with Gasteiger partial charge in [0.05, 0.1) is 10.0 Å². The zero-order valence-corrected chi connectivity index (χ0v) is 16.7. The van der Waals surface area contributed by atoms with E-state index in [1.165, 1.54) is 11.3 Å². The number of thiazole rings is 1. The smallest absolute Gasteiger partial charge is 0.186 e. The Kier molecular flexibility index (Phi) is 5.36. The number of aromatic nitrogens is 2. The average Bonchev–Trinajstić information content (AvgIpc) is 3.31. The van der Waals surface area contributed by atoms with E-state index >= 15 is 0 Å². The minimum Gasteiger partial charge on any atom is -0.486 e. The summed E-state index contributed by atoms with van der Waals surface area (Å²) in [6.07, 6.45) is 0. The van der Waals surface area contributed by atoms with Crippen LogP contribution in [0.4, 0.5) is 0 Å². The highest BCUT2D eigenvalue weighted by atomic mass is 35.5. The Morgan fingerprint density at radius 3 is 2.67 bits per heavy atom. The van der Waals surface area contributed by atoms with E-state index in [1.54, 1.807) is 24.3 Å². The Bertz CT molecular complexity index is 1090. The summed E-state index contributed by atoms with van der Waals surface area (Å²) in [5.74, 6) is 1.27. The number of nitrogens with zero attached hydrogens (tertiary/aromatic N) is 2. The normalized spacial score (nSPS) is 10.9. The summed E-state index contributed by atoms with van der Waals surface area (Å²) in [6.45, 7) is 0.346. The van der Waals surface area contributed by atoms with Crippen molar-refractivity contribution in [1.82, 2.24) is 10.1 Å². The van der Waals surface area contributed by atoms with Crippen molar-refractivity contribution in [3.8, 4) is 28.5 Å². The number of rotatable bonds is 5. The molecule has 0 bridgehead atoms. The summed E-state index contributed by atoms with van der Waals surface area (Å²) in [5.41, 5.74) is 2.18. The molecular formula is C19H11Cl3N2O2S. The molecule has 4 nitrogen and oxygen atoms in total. The fraction of sp³-hybridized carbons (Fsp3) is 0.0526. The van der Waals surface area contributed by atoms with Crippen molar-refractivity contribution in [2.24, 2.45) is 0 Å². The van der Waals surface area contributed by atoms with Crippen molar-refractivity contribution >= 4 is 46.1 Å². The summed E-state index contributed by atoms with van der Waals surface area (Å²) >= 11 is 19.4. The molecule has 0 fully saturated rings. The molecule has 0 saturated heterocycles. The highest BCUT2D eigenvalue weighted by Crippen LogP contribution is 2.31. The van der Waals surface area contributed by atoms with Crippen LogP contribution < -0.4 is 4.74 Å². The van der Waals surface area contributed by atoms with Crippen LogP contribution in [0.2, 0.25) is 15.1 Å². The third kappa shape index (κ3) is 4.28. The first-order chi connectivity index (χ1) is 13.1. The van der Waals surface area contributed by atoms with Crippen LogP contribution in [0.3, 0.4) is 0 Å². The Balaban J connectivity index is 1.48. The van der Waals surface area contributed by atoms with E-state index in [9.17, 15) is 0 Å². The zero-order valence-electron chi connectivity index (χ0n) is 13.7. The molecule has 0 aliphatic heterocycles. The van der Waals surface area contributed by atoms with Crippen LogP contribution in [-0.2, 0) is 6.61 Å². The molecule has 8 heteroatoms. The van der Waals surface area contributed by atoms with E-state index in [0.29, 0.717) is 44.6 Å². The predicted octanol–water partition coefficient (Wildman–Crippen LogP) is 7.00. The fourth-order valence-electron chi connectivity index (χ4n) is 2.38. The molecule has 2 aromatic carbocycles. The Hall–Kier alpha value is -2.05. The molecule has 0 aliphatic rings. The molecule has 2 heterocycles. The van der Waals surface area contributed by atoms with Crippen molar-refractivity contribution < 1.29 is 9.26 Å². The number of benzene rings is 2. The van der Waals surface area contributed by atoms with Crippen LogP contribution in [0.15, 0.2) is 58.4 Å². The highest BCUT2D eigenvalue weighted by molar-refractivity contribution is 7.09. The molecule has 0 atom stereocenters. The minimum atomic E-state index is 0.346. The molecule has 2 aromatic heterocycles. The Morgan fingerprint density at radius 1 is 0.963 bits per heavy atom. The number of ether oxygens (including phenoxy) is 1. The van der Waals surface area contributed by atoms with Crippen LogP contribution >= 0.6 is 46.1 Å². The van der Waals surface area contributed by atoms with Gasteiger partial charge in [0.25, 0.3) is 0 Å². The van der Waals surface area contributed by atoms with Crippen molar-refractivity contribution in [3.63, 3.8) is 0 Å². The van der Waals surface area contributed by atoms with Crippen LogP contribution in [0.1, 0.15) is 5.01 Å². The lowest BCUT2D eigenvalue weighted by atomic mass is 10.1. The highest BCUT2D eigenvalue weighted by Gasteiger charge is 2.13. The SMILES string of the molecule is Clc1cccc(OCc2nc(-c3cc(-c4ccc(Cl)c(Cl)c4)no3)cs2)c1. The molecule has 27 heavy (non-hydrogen) atoms. The van der Waals surface area contributed by atoms with Crippen LogP contribution in [0, 0.1) is 0 Å². The number of hydrogen-bond donors (Lipinski definition) is 0. The van der Waals surface area contributed by atoms with Gasteiger partial charge >= 0.3 is 0 Å². The predicted molar refractivity (Wildman–Crippen MR) is 109 cm³/mol. The number of halogens is 3. The van der Waals surface area contributed by atoms with Gasteiger partial charge in [0.1, 0.15) is 28.8 Å². The van der Waals surface area contributed by atoms with E-state index in [2.05, 4.69) is 10.1 Å². The molecule has 0 unspecified atom stereocenters. The maximum atomic E-state index is 6.06. The quantitative estimate of drug-likeness (QED) is 0.337. The van der Waals surface area contributed by atoms with Crippen LogP contribution in [0.5, 0.6) is 5.75 Å². The third-order valence-corrected chi connectivity index (χ3v) is 5.48. The van der Waals surface area contributed by atoms with Crippen LogP contribution in [0.25, 0.3) is 22.7 Å². The van der Waals surface area contributed by atoms with Gasteiger partial charge in [-0.25, -0.2) is 4.98 Å². The van der Waals surface area contributed by atoms with Crippen molar-refractivity contribution in [2.75, 3.05) is 0 Å². The van der Waals surface area contributed by atoms with E-state index in [4.69, 9.17) is 44.1 Å². The van der Waals surface area contributed by atoms with Gasteiger partial charge in [0.2, 0.25) is 0 Å². The first kappa shape index (κ1) is 18.3. The lowest BCUT2D eigenvalue weighted by molar-refractivity contribution is 0.305. The van der Waals surface area contributed by atoms with Crippen LogP contribution in [-0.4, -0.2) is 10.1 Å². The lowest BCUT2D eigenvalue weighted by Crippen LogP contribution is -1.94. The Morgan fingerprint density at radius 2 is 1.85 bits per heavy atom. The molecule has 0 N–H and O–H groups in total.